The summed E-state index contributed by atoms with van der Waals surface area (Å²) in [6, 6.07) is 4.14. The van der Waals surface area contributed by atoms with Crippen molar-refractivity contribution in [3.63, 3.8) is 0 Å². The summed E-state index contributed by atoms with van der Waals surface area (Å²) >= 11 is 1.73. The lowest BCUT2D eigenvalue weighted by Gasteiger charge is -2.30. The minimum absolute atomic E-state index is 0.0534. The predicted molar refractivity (Wildman–Crippen MR) is 87.1 cm³/mol. The van der Waals surface area contributed by atoms with Gasteiger partial charge in [0.1, 0.15) is 6.17 Å². The van der Waals surface area contributed by atoms with Crippen molar-refractivity contribution < 1.29 is 4.79 Å². The highest BCUT2D eigenvalue weighted by molar-refractivity contribution is 7.10. The lowest BCUT2D eigenvalue weighted by Crippen LogP contribution is -2.32. The van der Waals surface area contributed by atoms with Gasteiger partial charge in [-0.15, -0.1) is 11.3 Å². The highest BCUT2D eigenvalue weighted by atomic mass is 32.1. The topological polar surface area (TPSA) is 32.3 Å². The Hall–Kier alpha value is -0.870. The third-order valence-corrected chi connectivity index (χ3v) is 5.93. The van der Waals surface area contributed by atoms with Gasteiger partial charge in [-0.3, -0.25) is 10.1 Å². The van der Waals surface area contributed by atoms with Crippen molar-refractivity contribution >= 4 is 17.2 Å². The monoisotopic (exact) mass is 306 g/mol. The summed E-state index contributed by atoms with van der Waals surface area (Å²) in [6.07, 6.45) is 6.69. The molecule has 1 aromatic heterocycles. The van der Waals surface area contributed by atoms with Crippen LogP contribution in [0.1, 0.15) is 57.0 Å². The maximum atomic E-state index is 12.4. The molecule has 1 aliphatic heterocycles. The van der Waals surface area contributed by atoms with E-state index in [1.54, 1.807) is 11.3 Å². The Morgan fingerprint density at radius 2 is 2.24 bits per heavy atom. The fraction of sp³-hybridized carbons (Fsp3) is 0.706. The number of carbonyl (C=O) groups excluding carboxylic acids is 1. The average molecular weight is 306 g/mol. The van der Waals surface area contributed by atoms with Gasteiger partial charge in [-0.1, -0.05) is 32.3 Å². The van der Waals surface area contributed by atoms with Crippen LogP contribution < -0.4 is 5.32 Å². The third-order valence-electron chi connectivity index (χ3n) is 5.01. The summed E-state index contributed by atoms with van der Waals surface area (Å²) in [6.45, 7) is 5.24. The van der Waals surface area contributed by atoms with E-state index < -0.39 is 0 Å². The molecule has 0 spiro atoms. The molecular weight excluding hydrogens is 280 g/mol. The third kappa shape index (κ3) is 3.32. The second-order valence-corrected chi connectivity index (χ2v) is 7.74. The summed E-state index contributed by atoms with van der Waals surface area (Å²) in [5.41, 5.74) is 0. The van der Waals surface area contributed by atoms with Gasteiger partial charge < -0.3 is 4.90 Å². The van der Waals surface area contributed by atoms with Gasteiger partial charge in [0, 0.05) is 11.4 Å². The zero-order chi connectivity index (χ0) is 14.8. The Morgan fingerprint density at radius 3 is 2.95 bits per heavy atom. The highest BCUT2D eigenvalue weighted by Crippen LogP contribution is 2.33. The lowest BCUT2D eigenvalue weighted by molar-refractivity contribution is -0.130. The van der Waals surface area contributed by atoms with Crippen molar-refractivity contribution in [1.82, 2.24) is 10.2 Å². The van der Waals surface area contributed by atoms with Gasteiger partial charge in [0.25, 0.3) is 0 Å². The fourth-order valence-electron chi connectivity index (χ4n) is 3.84. The number of rotatable bonds is 4. The van der Waals surface area contributed by atoms with E-state index in [1.807, 2.05) is 6.92 Å². The number of nitrogens with one attached hydrogen (secondary N) is 1. The maximum absolute atomic E-state index is 12.4. The van der Waals surface area contributed by atoms with Crippen molar-refractivity contribution in [2.75, 3.05) is 6.54 Å². The molecule has 2 fully saturated rings. The van der Waals surface area contributed by atoms with Crippen molar-refractivity contribution in [2.45, 2.75) is 58.2 Å². The zero-order valence-electron chi connectivity index (χ0n) is 13.0. The summed E-state index contributed by atoms with van der Waals surface area (Å²) < 4.78 is 0. The minimum atomic E-state index is -0.0534. The van der Waals surface area contributed by atoms with E-state index in [4.69, 9.17) is 0 Å². The van der Waals surface area contributed by atoms with Gasteiger partial charge in [0.2, 0.25) is 5.91 Å². The molecule has 1 saturated carbocycles. The van der Waals surface area contributed by atoms with E-state index in [1.165, 1.54) is 30.6 Å². The molecule has 116 valence electrons. The Kier molecular flexibility index (Phi) is 4.65. The number of hydrogen-bond donors (Lipinski definition) is 1. The second-order valence-electron chi connectivity index (χ2n) is 6.76. The Morgan fingerprint density at radius 1 is 1.38 bits per heavy atom. The first-order valence-corrected chi connectivity index (χ1v) is 9.13. The fourth-order valence-corrected chi connectivity index (χ4v) is 4.64. The molecule has 1 N–H and O–H groups in total. The Bertz CT molecular complexity index is 473. The molecular formula is C17H26N2OS. The van der Waals surface area contributed by atoms with Gasteiger partial charge in [-0.05, 0) is 43.0 Å². The standard InChI is InChI=1S/C17H26N2OS/c1-12-5-3-6-14(11-12)8-9-19-16(15-7-4-10-21-15)18-13(2)17(19)20/h4,7,10,12-14,16,18H,3,5-6,8-9,11H2,1-2H3. The molecule has 4 atom stereocenters. The number of amides is 1. The largest absolute Gasteiger partial charge is 0.321 e. The molecule has 0 bridgehead atoms. The van der Waals surface area contributed by atoms with E-state index in [-0.39, 0.29) is 18.1 Å². The van der Waals surface area contributed by atoms with Crippen LogP contribution >= 0.6 is 11.3 Å². The van der Waals surface area contributed by atoms with Crippen LogP contribution in [0.2, 0.25) is 0 Å². The minimum Gasteiger partial charge on any atom is -0.321 e. The van der Waals surface area contributed by atoms with Gasteiger partial charge in [-0.2, -0.15) is 0 Å². The first-order valence-electron chi connectivity index (χ1n) is 8.25. The van der Waals surface area contributed by atoms with Crippen LogP contribution in [0.4, 0.5) is 0 Å². The van der Waals surface area contributed by atoms with Crippen molar-refractivity contribution in [3.05, 3.63) is 22.4 Å². The SMILES string of the molecule is CC1CCCC(CCN2C(=O)C(C)NC2c2cccs2)C1. The van der Waals surface area contributed by atoms with Crippen LogP contribution in [-0.4, -0.2) is 23.4 Å². The molecule has 0 aromatic carbocycles. The molecule has 3 nitrogen and oxygen atoms in total. The molecule has 1 aliphatic carbocycles. The van der Waals surface area contributed by atoms with Crippen molar-refractivity contribution in [2.24, 2.45) is 11.8 Å². The molecule has 1 aromatic rings. The van der Waals surface area contributed by atoms with E-state index in [0.29, 0.717) is 0 Å². The zero-order valence-corrected chi connectivity index (χ0v) is 13.9. The van der Waals surface area contributed by atoms with Gasteiger partial charge >= 0.3 is 0 Å². The van der Waals surface area contributed by atoms with Crippen LogP contribution in [0.5, 0.6) is 0 Å². The number of thiophene rings is 1. The van der Waals surface area contributed by atoms with Crippen molar-refractivity contribution in [3.8, 4) is 0 Å². The van der Waals surface area contributed by atoms with Crippen LogP contribution in [0.15, 0.2) is 17.5 Å². The summed E-state index contributed by atoms with van der Waals surface area (Å²) in [5, 5.41) is 5.53. The van der Waals surface area contributed by atoms with E-state index >= 15 is 0 Å². The molecule has 0 radical (unpaired) electrons. The van der Waals surface area contributed by atoms with Crippen LogP contribution in [0, 0.1) is 11.8 Å². The maximum Gasteiger partial charge on any atom is 0.241 e. The molecule has 21 heavy (non-hydrogen) atoms. The quantitative estimate of drug-likeness (QED) is 0.918. The molecule has 4 unspecified atom stereocenters. The first-order chi connectivity index (χ1) is 10.1. The smallest absolute Gasteiger partial charge is 0.241 e. The first kappa shape index (κ1) is 15.0. The Balaban J connectivity index is 1.63. The second kappa shape index (κ2) is 6.49. The van der Waals surface area contributed by atoms with Crippen molar-refractivity contribution in [1.29, 1.82) is 0 Å². The van der Waals surface area contributed by atoms with Gasteiger partial charge in [0.15, 0.2) is 0 Å². The predicted octanol–water partition coefficient (Wildman–Crippen LogP) is 3.78. The molecule has 2 heterocycles. The highest BCUT2D eigenvalue weighted by Gasteiger charge is 2.37. The van der Waals surface area contributed by atoms with Gasteiger partial charge in [-0.25, -0.2) is 0 Å². The summed E-state index contributed by atoms with van der Waals surface area (Å²) in [7, 11) is 0. The average Bonchev–Trinajstić information content (AvgIpc) is 3.07. The molecule has 1 amide bonds. The number of hydrogen-bond acceptors (Lipinski definition) is 3. The van der Waals surface area contributed by atoms with Crippen LogP contribution in [0.25, 0.3) is 0 Å². The van der Waals surface area contributed by atoms with Crippen LogP contribution in [0.3, 0.4) is 0 Å². The van der Waals surface area contributed by atoms with Gasteiger partial charge in [0.05, 0.1) is 6.04 Å². The number of carbonyl (C=O) groups is 1. The lowest BCUT2D eigenvalue weighted by atomic mass is 9.81. The van der Waals surface area contributed by atoms with E-state index in [0.717, 1.165) is 24.8 Å². The Labute approximate surface area is 131 Å². The van der Waals surface area contributed by atoms with Crippen LogP contribution in [-0.2, 0) is 4.79 Å². The molecule has 4 heteroatoms. The molecule has 1 saturated heterocycles. The number of nitrogens with zero attached hydrogens (tertiary/aromatic N) is 1. The summed E-state index contributed by atoms with van der Waals surface area (Å²) in [4.78, 5) is 15.7. The normalized spacial score (nSPS) is 33.6. The van der Waals surface area contributed by atoms with E-state index in [9.17, 15) is 4.79 Å². The van der Waals surface area contributed by atoms with E-state index in [2.05, 4.69) is 34.7 Å². The summed E-state index contributed by atoms with van der Waals surface area (Å²) in [5.74, 6) is 1.93. The molecule has 3 rings (SSSR count). The molecule has 2 aliphatic rings.